The Morgan fingerprint density at radius 3 is 2.46 bits per heavy atom. The molecule has 1 heterocycles. The molecule has 4 rings (SSSR count). The molecule has 1 aliphatic rings. The van der Waals surface area contributed by atoms with Gasteiger partial charge in [0, 0.05) is 31.2 Å². The first-order chi connectivity index (χ1) is 18.6. The molecule has 39 heavy (non-hydrogen) atoms. The zero-order valence-corrected chi connectivity index (χ0v) is 23.7. The number of ether oxygens (including phenoxy) is 1. The molecule has 0 saturated heterocycles. The van der Waals surface area contributed by atoms with Crippen LogP contribution < -0.4 is 9.46 Å². The summed E-state index contributed by atoms with van der Waals surface area (Å²) >= 11 is 0. The highest BCUT2D eigenvalue weighted by Crippen LogP contribution is 2.31. The molecule has 0 bridgehead atoms. The zero-order valence-electron chi connectivity index (χ0n) is 22.9. The molecule has 1 amide bonds. The minimum Gasteiger partial charge on any atom is -0.488 e. The Kier molecular flexibility index (Phi) is 8.94. The molecule has 0 fully saturated rings. The number of likely N-dealkylation sites (N-methyl/N-ethyl adjacent to an activating group) is 1. The summed E-state index contributed by atoms with van der Waals surface area (Å²) < 4.78 is 35.0. The van der Waals surface area contributed by atoms with Crippen molar-refractivity contribution < 1.29 is 23.1 Å². The van der Waals surface area contributed by atoms with E-state index in [0.29, 0.717) is 18.8 Å². The van der Waals surface area contributed by atoms with Crippen LogP contribution in [-0.2, 0) is 16.6 Å². The molecule has 0 spiro atoms. The van der Waals surface area contributed by atoms with Gasteiger partial charge < -0.3 is 14.7 Å². The number of carbonyl (C=O) groups excluding carboxylic acids is 1. The van der Waals surface area contributed by atoms with E-state index < -0.39 is 16.1 Å². The fourth-order valence-corrected chi connectivity index (χ4v) is 5.75. The highest BCUT2D eigenvalue weighted by atomic mass is 32.2. The lowest BCUT2D eigenvalue weighted by molar-refractivity contribution is 0.0341. The SMILES string of the molecule is Cc1ccc(S(=O)(=O)Nc2ccc3c(c2)C(=O)N([C@@H](C)CO)C[C@@H](C)[C@H](CN(C)Cc2ccccc2)O3)cc1. The van der Waals surface area contributed by atoms with Crippen molar-refractivity contribution in [1.29, 1.82) is 0 Å². The molecule has 3 atom stereocenters. The van der Waals surface area contributed by atoms with Crippen LogP contribution in [0.25, 0.3) is 0 Å². The van der Waals surface area contributed by atoms with Crippen molar-refractivity contribution in [1.82, 2.24) is 9.80 Å². The molecule has 2 N–H and O–H groups in total. The first kappa shape index (κ1) is 28.6. The van der Waals surface area contributed by atoms with Gasteiger partial charge >= 0.3 is 0 Å². The summed E-state index contributed by atoms with van der Waals surface area (Å²) in [5.74, 6) is 0.0537. The van der Waals surface area contributed by atoms with Gasteiger partial charge in [-0.15, -0.1) is 0 Å². The number of carbonyl (C=O) groups is 1. The highest BCUT2D eigenvalue weighted by Gasteiger charge is 2.33. The Bertz CT molecular complexity index is 1380. The Morgan fingerprint density at radius 2 is 1.79 bits per heavy atom. The molecule has 0 radical (unpaired) electrons. The standard InChI is InChI=1S/C30H37N3O5S/c1-21-10-13-26(14-11-21)39(36,37)31-25-12-15-28-27(16-25)30(35)33(23(3)20-34)17-22(2)29(38-28)19-32(4)18-24-8-6-5-7-9-24/h5-16,22-23,29,31,34H,17-20H2,1-4H3/t22-,23+,29+/m1/s1. The van der Waals surface area contributed by atoms with E-state index in [0.717, 1.165) is 12.1 Å². The van der Waals surface area contributed by atoms with Crippen LogP contribution in [0.15, 0.2) is 77.7 Å². The molecule has 8 nitrogen and oxygen atoms in total. The number of aryl methyl sites for hydroxylation is 1. The average Bonchev–Trinajstić information content (AvgIpc) is 2.91. The van der Waals surface area contributed by atoms with Crippen molar-refractivity contribution in [3.8, 4) is 5.75 Å². The number of hydrogen-bond acceptors (Lipinski definition) is 6. The normalized spacial score (nSPS) is 18.6. The summed E-state index contributed by atoms with van der Waals surface area (Å²) in [5, 5.41) is 9.90. The van der Waals surface area contributed by atoms with Gasteiger partial charge in [0.2, 0.25) is 0 Å². The molecule has 0 aromatic heterocycles. The zero-order chi connectivity index (χ0) is 28.2. The van der Waals surface area contributed by atoms with Crippen molar-refractivity contribution in [2.24, 2.45) is 5.92 Å². The van der Waals surface area contributed by atoms with E-state index in [9.17, 15) is 18.3 Å². The number of nitrogens with one attached hydrogen (secondary N) is 1. The van der Waals surface area contributed by atoms with Gasteiger partial charge in [-0.2, -0.15) is 0 Å². The van der Waals surface area contributed by atoms with Crippen LogP contribution in [0.2, 0.25) is 0 Å². The Balaban J connectivity index is 1.63. The van der Waals surface area contributed by atoms with Crippen LogP contribution in [0.5, 0.6) is 5.75 Å². The number of anilines is 1. The van der Waals surface area contributed by atoms with Crippen molar-refractivity contribution >= 4 is 21.6 Å². The number of aliphatic hydroxyl groups is 1. The van der Waals surface area contributed by atoms with Gasteiger partial charge in [-0.1, -0.05) is 55.0 Å². The number of aliphatic hydroxyl groups excluding tert-OH is 1. The van der Waals surface area contributed by atoms with E-state index in [-0.39, 0.29) is 40.7 Å². The maximum Gasteiger partial charge on any atom is 0.261 e. The van der Waals surface area contributed by atoms with Crippen molar-refractivity contribution in [3.05, 3.63) is 89.5 Å². The van der Waals surface area contributed by atoms with Gasteiger partial charge in [0.15, 0.2) is 0 Å². The van der Waals surface area contributed by atoms with Gasteiger partial charge in [0.1, 0.15) is 11.9 Å². The lowest BCUT2D eigenvalue weighted by atomic mass is 9.99. The number of sulfonamides is 1. The predicted octanol–water partition coefficient (Wildman–Crippen LogP) is 4.15. The fraction of sp³-hybridized carbons (Fsp3) is 0.367. The second-order valence-electron chi connectivity index (χ2n) is 10.4. The first-order valence-electron chi connectivity index (χ1n) is 13.1. The molecule has 0 unspecified atom stereocenters. The number of amides is 1. The molecule has 0 aliphatic carbocycles. The number of fused-ring (bicyclic) bond motifs is 1. The van der Waals surface area contributed by atoms with Gasteiger partial charge in [0.05, 0.1) is 23.1 Å². The largest absolute Gasteiger partial charge is 0.488 e. The number of hydrogen-bond donors (Lipinski definition) is 2. The Labute approximate surface area is 231 Å². The van der Waals surface area contributed by atoms with E-state index in [1.165, 1.54) is 11.6 Å². The lowest BCUT2D eigenvalue weighted by Crippen LogP contribution is -2.49. The second-order valence-corrected chi connectivity index (χ2v) is 12.1. The predicted molar refractivity (Wildman–Crippen MR) is 152 cm³/mol. The first-order valence-corrected chi connectivity index (χ1v) is 14.6. The van der Waals surface area contributed by atoms with Crippen molar-refractivity contribution in [2.45, 2.75) is 44.4 Å². The van der Waals surface area contributed by atoms with E-state index in [1.807, 2.05) is 39.1 Å². The quantitative estimate of drug-likeness (QED) is 0.415. The van der Waals surface area contributed by atoms with Crippen LogP contribution in [0.1, 0.15) is 35.3 Å². The third kappa shape index (κ3) is 6.98. The third-order valence-electron chi connectivity index (χ3n) is 7.04. The number of nitrogens with zero attached hydrogens (tertiary/aromatic N) is 2. The smallest absolute Gasteiger partial charge is 0.261 e. The van der Waals surface area contributed by atoms with Gasteiger partial charge in [-0.05, 0) is 56.8 Å². The maximum absolute atomic E-state index is 13.7. The van der Waals surface area contributed by atoms with Gasteiger partial charge in [0.25, 0.3) is 15.9 Å². The molecule has 9 heteroatoms. The van der Waals surface area contributed by atoms with Crippen LogP contribution in [0.3, 0.4) is 0 Å². The molecule has 1 aliphatic heterocycles. The monoisotopic (exact) mass is 551 g/mol. The summed E-state index contributed by atoms with van der Waals surface area (Å²) in [6.07, 6.45) is -0.242. The minimum atomic E-state index is -3.85. The Morgan fingerprint density at radius 1 is 1.10 bits per heavy atom. The van der Waals surface area contributed by atoms with E-state index in [2.05, 4.69) is 21.8 Å². The molecule has 0 saturated carbocycles. The Hall–Kier alpha value is -3.40. The van der Waals surface area contributed by atoms with E-state index in [4.69, 9.17) is 4.74 Å². The average molecular weight is 552 g/mol. The van der Waals surface area contributed by atoms with Crippen molar-refractivity contribution in [3.63, 3.8) is 0 Å². The van der Waals surface area contributed by atoms with Crippen LogP contribution in [0.4, 0.5) is 5.69 Å². The number of benzene rings is 3. The summed E-state index contributed by atoms with van der Waals surface area (Å²) in [6.45, 7) is 7.30. The summed E-state index contributed by atoms with van der Waals surface area (Å²) in [7, 11) is -1.82. The molecule has 3 aromatic rings. The summed E-state index contributed by atoms with van der Waals surface area (Å²) in [4.78, 5) is 17.6. The van der Waals surface area contributed by atoms with Crippen LogP contribution in [0, 0.1) is 12.8 Å². The van der Waals surface area contributed by atoms with Crippen LogP contribution in [-0.4, -0.2) is 68.1 Å². The fourth-order valence-electron chi connectivity index (χ4n) is 4.70. The van der Waals surface area contributed by atoms with Gasteiger partial charge in [-0.3, -0.25) is 14.4 Å². The second kappa shape index (κ2) is 12.2. The third-order valence-corrected chi connectivity index (χ3v) is 8.43. The van der Waals surface area contributed by atoms with E-state index in [1.54, 1.807) is 48.2 Å². The lowest BCUT2D eigenvalue weighted by Gasteiger charge is -2.38. The molecule has 3 aromatic carbocycles. The minimum absolute atomic E-state index is 0.0194. The number of rotatable bonds is 9. The topological polar surface area (TPSA) is 99.2 Å². The maximum atomic E-state index is 13.7. The molecular weight excluding hydrogens is 514 g/mol. The van der Waals surface area contributed by atoms with E-state index >= 15 is 0 Å². The summed E-state index contributed by atoms with van der Waals surface area (Å²) in [6, 6.07) is 21.1. The summed E-state index contributed by atoms with van der Waals surface area (Å²) in [5.41, 5.74) is 2.65. The molecule has 208 valence electrons. The molecular formula is C30H37N3O5S. The highest BCUT2D eigenvalue weighted by molar-refractivity contribution is 7.92. The van der Waals surface area contributed by atoms with Crippen LogP contribution >= 0.6 is 0 Å². The van der Waals surface area contributed by atoms with Gasteiger partial charge in [-0.25, -0.2) is 8.42 Å². The van der Waals surface area contributed by atoms with Crippen molar-refractivity contribution in [2.75, 3.05) is 31.5 Å².